The van der Waals surface area contributed by atoms with Crippen molar-refractivity contribution in [2.45, 2.75) is 33.8 Å². The van der Waals surface area contributed by atoms with E-state index in [1.54, 1.807) is 17.2 Å². The maximum atomic E-state index is 10.9. The van der Waals surface area contributed by atoms with Gasteiger partial charge in [-0.3, -0.25) is 4.79 Å². The van der Waals surface area contributed by atoms with Gasteiger partial charge in [0.05, 0.1) is 6.10 Å². The van der Waals surface area contributed by atoms with Crippen molar-refractivity contribution < 1.29 is 14.6 Å². The molecule has 0 radical (unpaired) electrons. The van der Waals surface area contributed by atoms with Crippen LogP contribution in [0.1, 0.15) is 27.7 Å². The summed E-state index contributed by atoms with van der Waals surface area (Å²) in [7, 11) is 0. The number of carboxylic acid groups (broad SMARTS) is 1. The van der Waals surface area contributed by atoms with Crippen molar-refractivity contribution in [3.63, 3.8) is 0 Å². The Bertz CT molecular complexity index is 421. The molecule has 0 aliphatic rings. The summed E-state index contributed by atoms with van der Waals surface area (Å²) < 4.78 is 5.49. The molecule has 1 heterocycles. The molecule has 0 unspecified atom stereocenters. The number of hydrogen-bond donors (Lipinski definition) is 1. The van der Waals surface area contributed by atoms with E-state index in [-0.39, 0.29) is 12.6 Å². The Morgan fingerprint density at radius 1 is 1.42 bits per heavy atom. The topological polar surface area (TPSA) is 75.6 Å². The summed E-state index contributed by atoms with van der Waals surface area (Å²) >= 11 is 0. The van der Waals surface area contributed by atoms with Gasteiger partial charge in [0.1, 0.15) is 6.54 Å². The third-order valence-corrected chi connectivity index (χ3v) is 2.17. The lowest BCUT2D eigenvalue weighted by Crippen LogP contribution is -2.34. The van der Waals surface area contributed by atoms with Crippen molar-refractivity contribution in [1.82, 2.24) is 9.97 Å². The molecule has 106 valence electrons. The van der Waals surface area contributed by atoms with Gasteiger partial charge in [-0.1, -0.05) is 13.8 Å². The minimum Gasteiger partial charge on any atom is -0.480 e. The first kappa shape index (κ1) is 15.2. The fraction of sp³-hybridized carbons (Fsp3) is 0.615. The van der Waals surface area contributed by atoms with Crippen LogP contribution in [-0.4, -0.2) is 40.2 Å². The summed E-state index contributed by atoms with van der Waals surface area (Å²) in [5.74, 6) is 0.255. The number of carbonyl (C=O) groups is 1. The molecule has 0 aromatic carbocycles. The zero-order valence-electron chi connectivity index (χ0n) is 11.8. The Kier molecular flexibility index (Phi) is 5.54. The van der Waals surface area contributed by atoms with Gasteiger partial charge in [0, 0.05) is 18.8 Å². The largest absolute Gasteiger partial charge is 0.480 e. The first-order valence-corrected chi connectivity index (χ1v) is 6.35. The van der Waals surface area contributed by atoms with Crippen LogP contribution in [0.25, 0.3) is 0 Å². The SMILES string of the molecule is CC(C)CN(CC(=O)O)c1nccc(OC(C)C)n1. The average molecular weight is 267 g/mol. The van der Waals surface area contributed by atoms with Gasteiger partial charge in [-0.2, -0.15) is 4.98 Å². The van der Waals surface area contributed by atoms with E-state index in [4.69, 9.17) is 9.84 Å². The van der Waals surface area contributed by atoms with Gasteiger partial charge < -0.3 is 14.7 Å². The molecule has 0 amide bonds. The van der Waals surface area contributed by atoms with Gasteiger partial charge in [-0.15, -0.1) is 0 Å². The van der Waals surface area contributed by atoms with Gasteiger partial charge in [0.25, 0.3) is 0 Å². The van der Waals surface area contributed by atoms with Gasteiger partial charge in [-0.05, 0) is 19.8 Å². The smallest absolute Gasteiger partial charge is 0.323 e. The third-order valence-electron chi connectivity index (χ3n) is 2.17. The number of nitrogens with zero attached hydrogens (tertiary/aromatic N) is 3. The molecule has 0 saturated carbocycles. The summed E-state index contributed by atoms with van der Waals surface area (Å²) in [5, 5.41) is 8.94. The van der Waals surface area contributed by atoms with Crippen molar-refractivity contribution in [3.05, 3.63) is 12.3 Å². The van der Waals surface area contributed by atoms with Crippen molar-refractivity contribution >= 4 is 11.9 Å². The quantitative estimate of drug-likeness (QED) is 0.812. The first-order chi connectivity index (χ1) is 8.88. The standard InChI is InChI=1S/C13H21N3O3/c1-9(2)7-16(8-12(17)18)13-14-6-5-11(15-13)19-10(3)4/h5-6,9-10H,7-8H2,1-4H3,(H,17,18). The Hall–Kier alpha value is -1.85. The van der Waals surface area contributed by atoms with Crippen LogP contribution in [0.3, 0.4) is 0 Å². The predicted molar refractivity (Wildman–Crippen MR) is 72.5 cm³/mol. The van der Waals surface area contributed by atoms with Crippen LogP contribution in [0.5, 0.6) is 5.88 Å². The minimum absolute atomic E-state index is 0.0146. The number of anilines is 1. The lowest BCUT2D eigenvalue weighted by Gasteiger charge is -2.22. The molecule has 0 fully saturated rings. The zero-order chi connectivity index (χ0) is 14.4. The summed E-state index contributed by atoms with van der Waals surface area (Å²) in [6.45, 7) is 8.31. The van der Waals surface area contributed by atoms with Crippen molar-refractivity contribution in [2.24, 2.45) is 5.92 Å². The third kappa shape index (κ3) is 5.54. The van der Waals surface area contributed by atoms with E-state index in [0.29, 0.717) is 24.3 Å². The van der Waals surface area contributed by atoms with Crippen LogP contribution in [0.15, 0.2) is 12.3 Å². The van der Waals surface area contributed by atoms with Crippen LogP contribution in [0, 0.1) is 5.92 Å². The Morgan fingerprint density at radius 2 is 2.11 bits per heavy atom. The molecular formula is C13H21N3O3. The van der Waals surface area contributed by atoms with Crippen molar-refractivity contribution in [2.75, 3.05) is 18.0 Å². The molecule has 19 heavy (non-hydrogen) atoms. The van der Waals surface area contributed by atoms with E-state index < -0.39 is 5.97 Å². The highest BCUT2D eigenvalue weighted by Gasteiger charge is 2.15. The van der Waals surface area contributed by atoms with Crippen LogP contribution in [-0.2, 0) is 4.79 Å². The highest BCUT2D eigenvalue weighted by Crippen LogP contribution is 2.15. The van der Waals surface area contributed by atoms with E-state index >= 15 is 0 Å². The summed E-state index contributed by atoms with van der Waals surface area (Å²) in [6, 6.07) is 1.66. The highest BCUT2D eigenvalue weighted by molar-refractivity contribution is 5.72. The van der Waals surface area contributed by atoms with E-state index in [1.165, 1.54) is 0 Å². The van der Waals surface area contributed by atoms with Gasteiger partial charge in [0.2, 0.25) is 11.8 Å². The fourth-order valence-electron chi connectivity index (χ4n) is 1.61. The van der Waals surface area contributed by atoms with E-state index in [0.717, 1.165) is 0 Å². The highest BCUT2D eigenvalue weighted by atomic mass is 16.5. The number of aliphatic carboxylic acids is 1. The monoisotopic (exact) mass is 267 g/mol. The molecule has 0 atom stereocenters. The molecule has 1 aromatic heterocycles. The number of hydrogen-bond acceptors (Lipinski definition) is 5. The van der Waals surface area contributed by atoms with Gasteiger partial charge in [-0.25, -0.2) is 4.98 Å². The van der Waals surface area contributed by atoms with Crippen LogP contribution >= 0.6 is 0 Å². The molecule has 1 N–H and O–H groups in total. The molecule has 1 aromatic rings. The lowest BCUT2D eigenvalue weighted by atomic mass is 10.2. The molecule has 0 spiro atoms. The van der Waals surface area contributed by atoms with E-state index in [9.17, 15) is 4.79 Å². The van der Waals surface area contributed by atoms with Gasteiger partial charge >= 0.3 is 5.97 Å². The zero-order valence-corrected chi connectivity index (χ0v) is 11.8. The minimum atomic E-state index is -0.903. The van der Waals surface area contributed by atoms with Gasteiger partial charge in [0.15, 0.2) is 0 Å². The number of aromatic nitrogens is 2. The normalized spacial score (nSPS) is 10.8. The first-order valence-electron chi connectivity index (χ1n) is 6.35. The second-order valence-electron chi connectivity index (χ2n) is 5.03. The fourth-order valence-corrected chi connectivity index (χ4v) is 1.61. The van der Waals surface area contributed by atoms with E-state index in [2.05, 4.69) is 9.97 Å². The van der Waals surface area contributed by atoms with Crippen molar-refractivity contribution in [3.8, 4) is 5.88 Å². The molecule has 0 bridgehead atoms. The maximum Gasteiger partial charge on any atom is 0.323 e. The Labute approximate surface area is 113 Å². The molecule has 0 aliphatic carbocycles. The molecular weight excluding hydrogens is 246 g/mol. The lowest BCUT2D eigenvalue weighted by molar-refractivity contribution is -0.135. The molecule has 0 saturated heterocycles. The van der Waals surface area contributed by atoms with E-state index in [1.807, 2.05) is 27.7 Å². The summed E-state index contributed by atoms with van der Waals surface area (Å²) in [4.78, 5) is 20.9. The number of rotatable bonds is 7. The predicted octanol–water partition coefficient (Wildman–Crippen LogP) is 1.81. The Balaban J connectivity index is 2.90. The molecule has 6 heteroatoms. The number of carboxylic acids is 1. The Morgan fingerprint density at radius 3 is 2.63 bits per heavy atom. The second kappa shape index (κ2) is 6.92. The molecule has 6 nitrogen and oxygen atoms in total. The average Bonchev–Trinajstić information content (AvgIpc) is 2.26. The number of ether oxygens (including phenoxy) is 1. The maximum absolute atomic E-state index is 10.9. The van der Waals surface area contributed by atoms with Crippen LogP contribution < -0.4 is 9.64 Å². The second-order valence-corrected chi connectivity index (χ2v) is 5.03. The van der Waals surface area contributed by atoms with Crippen LogP contribution in [0.2, 0.25) is 0 Å². The molecule has 0 aliphatic heterocycles. The molecule has 1 rings (SSSR count). The summed E-state index contributed by atoms with van der Waals surface area (Å²) in [5.41, 5.74) is 0. The summed E-state index contributed by atoms with van der Waals surface area (Å²) in [6.07, 6.45) is 1.59. The van der Waals surface area contributed by atoms with Crippen molar-refractivity contribution in [1.29, 1.82) is 0 Å². The van der Waals surface area contributed by atoms with Crippen LogP contribution in [0.4, 0.5) is 5.95 Å².